The Labute approximate surface area is 211 Å². The van der Waals surface area contributed by atoms with Crippen LogP contribution in [0.4, 0.5) is 4.79 Å². The van der Waals surface area contributed by atoms with Gasteiger partial charge in [-0.3, -0.25) is 14.5 Å². The first-order valence-corrected chi connectivity index (χ1v) is 11.5. The lowest BCUT2D eigenvalue weighted by atomic mass is 10.0. The van der Waals surface area contributed by atoms with Crippen molar-refractivity contribution < 1.29 is 29.3 Å². The maximum absolute atomic E-state index is 13.8. The average molecular weight is 496 g/mol. The third kappa shape index (κ3) is 8.24. The second-order valence-corrected chi connectivity index (χ2v) is 9.57. The van der Waals surface area contributed by atoms with Crippen LogP contribution in [0.1, 0.15) is 51.8 Å². The number of alkyl carbamates (subject to hydrolysis) is 1. The van der Waals surface area contributed by atoms with Gasteiger partial charge < -0.3 is 25.6 Å². The fourth-order valence-electron chi connectivity index (χ4n) is 3.43. The number of nitrogens with one attached hydrogen (secondary N) is 2. The molecule has 192 valence electrons. The monoisotopic (exact) mass is 495 g/mol. The molecule has 0 saturated heterocycles. The van der Waals surface area contributed by atoms with Crippen molar-refractivity contribution in [3.05, 3.63) is 59.7 Å². The van der Waals surface area contributed by atoms with Gasteiger partial charge in [0.1, 0.15) is 29.2 Å². The number of hydrogen-bond acceptors (Lipinski definition) is 6. The van der Waals surface area contributed by atoms with Crippen LogP contribution in [0.15, 0.2) is 48.5 Å². The number of terminal acetylenes is 1. The summed E-state index contributed by atoms with van der Waals surface area (Å²) in [6.07, 6.45) is 4.91. The van der Waals surface area contributed by atoms with Crippen molar-refractivity contribution in [3.8, 4) is 24.0 Å². The zero-order valence-electron chi connectivity index (χ0n) is 21.1. The highest BCUT2D eigenvalue weighted by Gasteiger charge is 2.36. The molecule has 2 aromatic rings. The van der Waals surface area contributed by atoms with Crippen molar-refractivity contribution in [2.75, 3.05) is 0 Å². The fraction of sp³-hybridized carbons (Fsp3) is 0.370. The Morgan fingerprint density at radius 3 is 2.19 bits per heavy atom. The van der Waals surface area contributed by atoms with E-state index in [9.17, 15) is 24.6 Å². The van der Waals surface area contributed by atoms with E-state index in [0.29, 0.717) is 11.1 Å². The topological polar surface area (TPSA) is 128 Å². The van der Waals surface area contributed by atoms with Gasteiger partial charge in [0, 0.05) is 18.5 Å². The van der Waals surface area contributed by atoms with Crippen LogP contribution in [0.25, 0.3) is 0 Å². The maximum Gasteiger partial charge on any atom is 0.408 e. The van der Waals surface area contributed by atoms with E-state index in [1.165, 1.54) is 30.3 Å². The van der Waals surface area contributed by atoms with E-state index in [-0.39, 0.29) is 24.0 Å². The molecule has 0 saturated carbocycles. The van der Waals surface area contributed by atoms with E-state index in [1.807, 2.05) is 0 Å². The molecule has 2 rings (SSSR count). The van der Waals surface area contributed by atoms with Crippen LogP contribution in [0.2, 0.25) is 0 Å². The summed E-state index contributed by atoms with van der Waals surface area (Å²) in [6, 6.07) is 11.5. The predicted octanol–water partition coefficient (Wildman–Crippen LogP) is 3.22. The van der Waals surface area contributed by atoms with E-state index in [1.54, 1.807) is 52.8 Å². The van der Waals surface area contributed by atoms with E-state index in [2.05, 4.69) is 16.7 Å². The molecule has 0 bridgehead atoms. The minimum atomic E-state index is -1.28. The van der Waals surface area contributed by atoms with E-state index in [0.717, 1.165) is 4.90 Å². The first-order chi connectivity index (χ1) is 16.8. The summed E-state index contributed by atoms with van der Waals surface area (Å²) in [7, 11) is 0. The molecule has 3 amide bonds. The average Bonchev–Trinajstić information content (AvgIpc) is 2.76. The number of benzene rings is 2. The number of amides is 3. The first kappa shape index (κ1) is 28.1. The number of hydrogen-bond donors (Lipinski definition) is 4. The highest BCUT2D eigenvalue weighted by molar-refractivity contribution is 5.93. The third-order valence-electron chi connectivity index (χ3n) is 4.87. The molecular weight excluding hydrogens is 462 g/mol. The summed E-state index contributed by atoms with van der Waals surface area (Å²) < 4.78 is 5.32. The van der Waals surface area contributed by atoms with Gasteiger partial charge in [-0.15, -0.1) is 0 Å². The molecule has 0 spiro atoms. The van der Waals surface area contributed by atoms with Crippen LogP contribution >= 0.6 is 0 Å². The Balaban J connectivity index is 2.48. The zero-order chi connectivity index (χ0) is 27.0. The molecule has 0 aromatic heterocycles. The lowest BCUT2D eigenvalue weighted by Gasteiger charge is -2.31. The van der Waals surface area contributed by atoms with Crippen molar-refractivity contribution in [2.45, 2.75) is 64.8 Å². The minimum Gasteiger partial charge on any atom is -0.508 e. The molecule has 0 radical (unpaired) electrons. The van der Waals surface area contributed by atoms with Gasteiger partial charge in [0.2, 0.25) is 5.91 Å². The molecular formula is C27H33N3O6. The van der Waals surface area contributed by atoms with Crippen molar-refractivity contribution >= 4 is 17.9 Å². The van der Waals surface area contributed by atoms with Gasteiger partial charge in [-0.05, 0) is 70.0 Å². The number of carbonyl (C=O) groups is 3. The number of phenolic OH excluding ortho intramolecular Hbond substituents is 2. The summed E-state index contributed by atoms with van der Waals surface area (Å²) in [5, 5.41) is 24.9. The maximum atomic E-state index is 13.8. The standard InChI is InChI=1S/C27H33N3O6/c1-7-30(23(24(33)28-17(2)3)19-9-8-10-21(32)16-19)25(34)22(29-26(35)36-27(4,5)6)15-18-11-13-20(31)14-12-18/h1,8-14,16-17,22-23,31-32H,15H2,2-6H3,(H,28,33)(H,29,35). The van der Waals surface area contributed by atoms with Gasteiger partial charge in [0.15, 0.2) is 0 Å². The van der Waals surface area contributed by atoms with Gasteiger partial charge in [-0.1, -0.05) is 30.7 Å². The molecule has 9 nitrogen and oxygen atoms in total. The Hall–Kier alpha value is -4.19. The summed E-state index contributed by atoms with van der Waals surface area (Å²) in [5.74, 6) is -1.35. The van der Waals surface area contributed by atoms with Crippen molar-refractivity contribution in [3.63, 3.8) is 0 Å². The fourth-order valence-corrected chi connectivity index (χ4v) is 3.43. The summed E-state index contributed by atoms with van der Waals surface area (Å²) in [5.41, 5.74) is 0.100. The van der Waals surface area contributed by atoms with E-state index >= 15 is 0 Å². The number of ether oxygens (including phenoxy) is 1. The van der Waals surface area contributed by atoms with Crippen LogP contribution in [-0.2, 0) is 20.7 Å². The molecule has 0 aliphatic rings. The molecule has 2 unspecified atom stereocenters. The predicted molar refractivity (Wildman–Crippen MR) is 135 cm³/mol. The summed E-state index contributed by atoms with van der Waals surface area (Å²) in [4.78, 5) is 40.4. The van der Waals surface area contributed by atoms with Gasteiger partial charge in [0.25, 0.3) is 5.91 Å². The largest absolute Gasteiger partial charge is 0.508 e. The number of carbonyl (C=O) groups excluding carboxylic acids is 3. The quantitative estimate of drug-likeness (QED) is 0.329. The molecule has 0 fully saturated rings. The Kier molecular flexibility index (Phi) is 9.33. The molecule has 9 heteroatoms. The Bertz CT molecular complexity index is 1120. The molecule has 0 aliphatic heterocycles. The normalized spacial score (nSPS) is 12.7. The van der Waals surface area contributed by atoms with Crippen LogP contribution in [-0.4, -0.2) is 50.7 Å². The van der Waals surface area contributed by atoms with Crippen LogP contribution in [0.3, 0.4) is 0 Å². The Morgan fingerprint density at radius 1 is 1.03 bits per heavy atom. The van der Waals surface area contributed by atoms with E-state index in [4.69, 9.17) is 11.2 Å². The van der Waals surface area contributed by atoms with Gasteiger partial charge in [-0.2, -0.15) is 0 Å². The van der Waals surface area contributed by atoms with Gasteiger partial charge in [0.05, 0.1) is 0 Å². The van der Waals surface area contributed by atoms with Crippen molar-refractivity contribution in [1.82, 2.24) is 15.5 Å². The van der Waals surface area contributed by atoms with Gasteiger partial charge in [-0.25, -0.2) is 4.79 Å². The number of rotatable bonds is 8. The minimum absolute atomic E-state index is 0.00902. The first-order valence-electron chi connectivity index (χ1n) is 11.5. The molecule has 0 heterocycles. The lowest BCUT2D eigenvalue weighted by Crippen LogP contribution is -2.52. The van der Waals surface area contributed by atoms with Crippen LogP contribution < -0.4 is 10.6 Å². The molecule has 2 atom stereocenters. The molecule has 2 aromatic carbocycles. The number of nitrogens with zero attached hydrogens (tertiary/aromatic N) is 1. The SMILES string of the molecule is C#CN(C(=O)C(Cc1ccc(O)cc1)NC(=O)OC(C)(C)C)C(C(=O)NC(C)C)c1cccc(O)c1. The van der Waals surface area contributed by atoms with E-state index < -0.39 is 35.6 Å². The molecule has 0 aliphatic carbocycles. The number of phenols is 2. The van der Waals surface area contributed by atoms with Crippen LogP contribution in [0.5, 0.6) is 11.5 Å². The summed E-state index contributed by atoms with van der Waals surface area (Å²) >= 11 is 0. The number of aromatic hydroxyl groups is 2. The van der Waals surface area contributed by atoms with Crippen LogP contribution in [0, 0.1) is 12.5 Å². The highest BCUT2D eigenvalue weighted by Crippen LogP contribution is 2.26. The van der Waals surface area contributed by atoms with Gasteiger partial charge >= 0.3 is 6.09 Å². The Morgan fingerprint density at radius 2 is 1.67 bits per heavy atom. The van der Waals surface area contributed by atoms with Crippen molar-refractivity contribution in [2.24, 2.45) is 0 Å². The molecule has 4 N–H and O–H groups in total. The second-order valence-electron chi connectivity index (χ2n) is 9.57. The molecule has 36 heavy (non-hydrogen) atoms. The zero-order valence-corrected chi connectivity index (χ0v) is 21.1. The highest BCUT2D eigenvalue weighted by atomic mass is 16.6. The summed E-state index contributed by atoms with van der Waals surface area (Å²) in [6.45, 7) is 8.58. The third-order valence-corrected chi connectivity index (χ3v) is 4.87. The van der Waals surface area contributed by atoms with Crippen molar-refractivity contribution in [1.29, 1.82) is 0 Å². The lowest BCUT2D eigenvalue weighted by molar-refractivity contribution is -0.138. The second kappa shape index (κ2) is 12.0. The smallest absolute Gasteiger partial charge is 0.408 e.